The molecular weight excluding hydrogens is 214 g/mol. The second-order valence-corrected chi connectivity index (χ2v) is 4.98. The van der Waals surface area contributed by atoms with E-state index in [9.17, 15) is 4.79 Å². The highest BCUT2D eigenvalue weighted by molar-refractivity contribution is 5.85. The molecule has 1 unspecified atom stereocenters. The van der Waals surface area contributed by atoms with Crippen molar-refractivity contribution in [3.63, 3.8) is 0 Å². The highest BCUT2D eigenvalue weighted by Gasteiger charge is 2.17. The molecule has 96 valence electrons. The summed E-state index contributed by atoms with van der Waals surface area (Å²) in [7, 11) is 1.87. The lowest BCUT2D eigenvalue weighted by Gasteiger charge is -2.12. The first-order valence-electron chi connectivity index (χ1n) is 6.24. The van der Waals surface area contributed by atoms with Gasteiger partial charge in [-0.2, -0.15) is 5.10 Å². The van der Waals surface area contributed by atoms with E-state index in [1.807, 2.05) is 13.1 Å². The van der Waals surface area contributed by atoms with Crippen LogP contribution < -0.4 is 5.73 Å². The second-order valence-electron chi connectivity index (χ2n) is 4.98. The Labute approximate surface area is 103 Å². The van der Waals surface area contributed by atoms with Gasteiger partial charge in [0.1, 0.15) is 0 Å². The standard InChI is InChI=1S/C13H23N3O/c1-5-10-7-11(16(4)15-10)8-13(17)12(14)6-9(2)3/h7,9,12H,5-6,8,14H2,1-4H3. The van der Waals surface area contributed by atoms with Crippen molar-refractivity contribution in [2.75, 3.05) is 0 Å². The van der Waals surface area contributed by atoms with E-state index >= 15 is 0 Å². The predicted octanol–water partition coefficient (Wildman–Crippen LogP) is 1.47. The number of carbonyl (C=O) groups excluding carboxylic acids is 1. The van der Waals surface area contributed by atoms with E-state index < -0.39 is 0 Å². The molecule has 1 heterocycles. The van der Waals surface area contributed by atoms with Crippen LogP contribution >= 0.6 is 0 Å². The van der Waals surface area contributed by atoms with Crippen LogP contribution in [0, 0.1) is 5.92 Å². The second kappa shape index (κ2) is 5.96. The molecule has 4 nitrogen and oxygen atoms in total. The molecule has 1 aromatic rings. The summed E-state index contributed by atoms with van der Waals surface area (Å²) in [5.41, 5.74) is 7.85. The molecule has 0 bridgehead atoms. The van der Waals surface area contributed by atoms with Gasteiger partial charge in [0.05, 0.1) is 11.7 Å². The Balaban J connectivity index is 2.64. The van der Waals surface area contributed by atoms with Gasteiger partial charge in [-0.3, -0.25) is 9.48 Å². The van der Waals surface area contributed by atoms with Crippen LogP contribution in [0.2, 0.25) is 0 Å². The summed E-state index contributed by atoms with van der Waals surface area (Å²) in [6, 6.07) is 1.63. The fraction of sp³-hybridized carbons (Fsp3) is 0.692. The monoisotopic (exact) mass is 237 g/mol. The number of carbonyl (C=O) groups is 1. The van der Waals surface area contributed by atoms with Crippen LogP contribution in [0.3, 0.4) is 0 Å². The fourth-order valence-corrected chi connectivity index (χ4v) is 1.86. The van der Waals surface area contributed by atoms with Crippen LogP contribution in [0.4, 0.5) is 0 Å². The highest BCUT2D eigenvalue weighted by Crippen LogP contribution is 2.09. The van der Waals surface area contributed by atoms with Crippen molar-refractivity contribution in [3.05, 3.63) is 17.5 Å². The topological polar surface area (TPSA) is 60.9 Å². The largest absolute Gasteiger partial charge is 0.321 e. The van der Waals surface area contributed by atoms with Gasteiger partial charge in [0, 0.05) is 19.2 Å². The summed E-state index contributed by atoms with van der Waals surface area (Å²) >= 11 is 0. The smallest absolute Gasteiger partial charge is 0.155 e. The first kappa shape index (κ1) is 13.9. The normalized spacial score (nSPS) is 13.1. The van der Waals surface area contributed by atoms with Crippen molar-refractivity contribution in [1.82, 2.24) is 9.78 Å². The molecule has 0 spiro atoms. The Hall–Kier alpha value is -1.16. The summed E-state index contributed by atoms with van der Waals surface area (Å²) in [4.78, 5) is 11.9. The maximum Gasteiger partial charge on any atom is 0.155 e. The number of nitrogens with zero attached hydrogens (tertiary/aromatic N) is 2. The van der Waals surface area contributed by atoms with Crippen molar-refractivity contribution in [1.29, 1.82) is 0 Å². The first-order chi connectivity index (χ1) is 7.93. The van der Waals surface area contributed by atoms with E-state index in [1.54, 1.807) is 4.68 Å². The SMILES string of the molecule is CCc1cc(CC(=O)C(N)CC(C)C)n(C)n1. The first-order valence-corrected chi connectivity index (χ1v) is 6.24. The van der Waals surface area contributed by atoms with Gasteiger partial charge in [0.2, 0.25) is 0 Å². The van der Waals surface area contributed by atoms with E-state index in [2.05, 4.69) is 25.9 Å². The van der Waals surface area contributed by atoms with Gasteiger partial charge in [0.25, 0.3) is 0 Å². The van der Waals surface area contributed by atoms with Gasteiger partial charge >= 0.3 is 0 Å². The average molecular weight is 237 g/mol. The van der Waals surface area contributed by atoms with E-state index in [4.69, 9.17) is 5.73 Å². The molecule has 2 N–H and O–H groups in total. The van der Waals surface area contributed by atoms with Crippen LogP contribution in [0.5, 0.6) is 0 Å². The average Bonchev–Trinajstić information content (AvgIpc) is 2.58. The number of hydrogen-bond donors (Lipinski definition) is 1. The molecule has 1 aromatic heterocycles. The predicted molar refractivity (Wildman–Crippen MR) is 68.7 cm³/mol. The summed E-state index contributed by atoms with van der Waals surface area (Å²) in [5.74, 6) is 0.552. The zero-order valence-electron chi connectivity index (χ0n) is 11.2. The van der Waals surface area contributed by atoms with Crippen molar-refractivity contribution in [3.8, 4) is 0 Å². The Morgan fingerprint density at radius 3 is 2.65 bits per heavy atom. The quantitative estimate of drug-likeness (QED) is 0.815. The summed E-state index contributed by atoms with van der Waals surface area (Å²) in [6.45, 7) is 6.21. The molecule has 0 saturated heterocycles. The lowest BCUT2D eigenvalue weighted by atomic mass is 9.98. The zero-order valence-corrected chi connectivity index (χ0v) is 11.2. The van der Waals surface area contributed by atoms with Crippen molar-refractivity contribution < 1.29 is 4.79 Å². The van der Waals surface area contributed by atoms with Crippen molar-refractivity contribution in [2.45, 2.75) is 46.1 Å². The molecule has 17 heavy (non-hydrogen) atoms. The number of ketones is 1. The van der Waals surface area contributed by atoms with E-state index in [-0.39, 0.29) is 11.8 Å². The molecular formula is C13H23N3O. The van der Waals surface area contributed by atoms with Crippen LogP contribution in [0.1, 0.15) is 38.6 Å². The summed E-state index contributed by atoms with van der Waals surface area (Å²) in [6.07, 6.45) is 2.02. The summed E-state index contributed by atoms with van der Waals surface area (Å²) in [5, 5.41) is 4.33. The molecule has 0 fully saturated rings. The Morgan fingerprint density at radius 1 is 1.53 bits per heavy atom. The maximum absolute atomic E-state index is 11.9. The lowest BCUT2D eigenvalue weighted by molar-refractivity contribution is -0.120. The molecule has 0 aliphatic heterocycles. The van der Waals surface area contributed by atoms with Gasteiger partial charge in [-0.05, 0) is 24.8 Å². The van der Waals surface area contributed by atoms with E-state index in [0.29, 0.717) is 12.3 Å². The molecule has 0 aliphatic carbocycles. The van der Waals surface area contributed by atoms with Gasteiger partial charge in [0.15, 0.2) is 5.78 Å². The molecule has 1 atom stereocenters. The number of rotatable bonds is 6. The zero-order chi connectivity index (χ0) is 13.0. The number of Topliss-reactive ketones (excluding diaryl/α,β-unsaturated/α-hetero) is 1. The van der Waals surface area contributed by atoms with E-state index in [0.717, 1.165) is 24.2 Å². The van der Waals surface area contributed by atoms with Gasteiger partial charge in [-0.25, -0.2) is 0 Å². The molecule has 1 rings (SSSR count). The lowest BCUT2D eigenvalue weighted by Crippen LogP contribution is -2.33. The van der Waals surface area contributed by atoms with Crippen LogP contribution in [-0.2, 0) is 24.7 Å². The van der Waals surface area contributed by atoms with Crippen LogP contribution in [0.25, 0.3) is 0 Å². The Bertz CT molecular complexity index is 382. The third-order valence-electron chi connectivity index (χ3n) is 2.88. The van der Waals surface area contributed by atoms with Crippen LogP contribution in [-0.4, -0.2) is 21.6 Å². The van der Waals surface area contributed by atoms with Crippen LogP contribution in [0.15, 0.2) is 6.07 Å². The molecule has 0 aromatic carbocycles. The number of aryl methyl sites for hydroxylation is 2. The van der Waals surface area contributed by atoms with Crippen molar-refractivity contribution >= 4 is 5.78 Å². The molecule has 0 amide bonds. The Morgan fingerprint density at radius 2 is 2.18 bits per heavy atom. The number of hydrogen-bond acceptors (Lipinski definition) is 3. The summed E-state index contributed by atoms with van der Waals surface area (Å²) < 4.78 is 1.78. The third kappa shape index (κ3) is 3.97. The fourth-order valence-electron chi connectivity index (χ4n) is 1.86. The van der Waals surface area contributed by atoms with Gasteiger partial charge < -0.3 is 5.73 Å². The van der Waals surface area contributed by atoms with Gasteiger partial charge in [-0.1, -0.05) is 20.8 Å². The third-order valence-corrected chi connectivity index (χ3v) is 2.88. The molecule has 0 aliphatic rings. The highest BCUT2D eigenvalue weighted by atomic mass is 16.1. The maximum atomic E-state index is 11.9. The minimum Gasteiger partial charge on any atom is -0.321 e. The Kier molecular flexibility index (Phi) is 4.87. The van der Waals surface area contributed by atoms with Crippen molar-refractivity contribution in [2.24, 2.45) is 18.7 Å². The minimum absolute atomic E-state index is 0.101. The molecule has 0 saturated carbocycles. The molecule has 4 heteroatoms. The van der Waals surface area contributed by atoms with E-state index in [1.165, 1.54) is 0 Å². The number of nitrogens with two attached hydrogens (primary N) is 1. The number of aromatic nitrogens is 2. The molecule has 0 radical (unpaired) electrons. The van der Waals surface area contributed by atoms with Gasteiger partial charge in [-0.15, -0.1) is 0 Å². The minimum atomic E-state index is -0.352.